The molecule has 1 aliphatic heterocycles. The zero-order valence-corrected chi connectivity index (χ0v) is 29.6. The fourth-order valence-corrected chi connectivity index (χ4v) is 7.27. The molecular weight excluding hydrogens is 657 g/mol. The number of hydrogen-bond acceptors (Lipinski definition) is 13. The molecule has 2 fully saturated rings. The Morgan fingerprint density at radius 1 is 1.08 bits per heavy atom. The summed E-state index contributed by atoms with van der Waals surface area (Å²) in [6.45, 7) is 11.2. The molecule has 1 unspecified atom stereocenters. The second-order valence-electron chi connectivity index (χ2n) is 13.5. The van der Waals surface area contributed by atoms with E-state index >= 15 is 0 Å². The molecule has 0 bridgehead atoms. The van der Waals surface area contributed by atoms with Gasteiger partial charge in [0, 0.05) is 13.8 Å². The van der Waals surface area contributed by atoms with E-state index in [-0.39, 0.29) is 23.1 Å². The first kappa shape index (κ1) is 36.2. The quantitative estimate of drug-likeness (QED) is 0.154. The molecule has 16 heteroatoms. The van der Waals surface area contributed by atoms with Crippen molar-refractivity contribution in [2.45, 2.75) is 109 Å². The Kier molecular flexibility index (Phi) is 10.4. The molecule has 3 heterocycles. The Bertz CT molecular complexity index is 1740. The fourth-order valence-electron chi connectivity index (χ4n) is 5.77. The minimum atomic E-state index is -4.37. The van der Waals surface area contributed by atoms with Crippen LogP contribution in [0.2, 0.25) is 0 Å². The SMILES string of the molecule is CC(=O)O[C@H]1[C@@H](OC(C)=O)[C@](C)(c2ccc3c(N)ncnn23)O[C@@H]1COP(=O)(N[C@@H](C)C(=O)OC1CCC1)Oc1ccc(C(C)(C)C)cc1. The van der Waals surface area contributed by atoms with E-state index in [1.54, 1.807) is 31.2 Å². The number of esters is 3. The standard InChI is InChI=1S/C33H44N5O10P/c1-19(31(41)46-23-9-8-10-23)37-49(42,48-24-13-11-22(12-14-24)32(4,5)6)43-17-26-28(44-20(2)39)29(45-21(3)40)33(7,47-26)27-16-15-25-30(34)35-18-36-38(25)27/h11-16,18-19,23,26,28-29H,8-10,17H2,1-7H3,(H,37,42)(H2,34,35,36)/t19-,26+,28+,29+,33-,49?/m0/s1. The van der Waals surface area contributed by atoms with Gasteiger partial charge < -0.3 is 29.2 Å². The minimum absolute atomic E-state index is 0.142. The van der Waals surface area contributed by atoms with Gasteiger partial charge in [-0.2, -0.15) is 10.2 Å². The molecule has 6 atom stereocenters. The summed E-state index contributed by atoms with van der Waals surface area (Å²) < 4.78 is 51.2. The van der Waals surface area contributed by atoms with Crippen LogP contribution in [0.25, 0.3) is 5.52 Å². The van der Waals surface area contributed by atoms with Gasteiger partial charge in [-0.25, -0.2) is 14.1 Å². The lowest BCUT2D eigenvalue weighted by atomic mass is 9.87. The molecule has 15 nitrogen and oxygen atoms in total. The van der Waals surface area contributed by atoms with Gasteiger partial charge in [0.1, 0.15) is 41.4 Å². The molecule has 1 aliphatic carbocycles. The summed E-state index contributed by atoms with van der Waals surface area (Å²) in [4.78, 5) is 41.7. The highest BCUT2D eigenvalue weighted by Gasteiger charge is 2.59. The van der Waals surface area contributed by atoms with Crippen LogP contribution in [-0.4, -0.2) is 69.6 Å². The summed E-state index contributed by atoms with van der Waals surface area (Å²) in [5.74, 6) is -1.55. The summed E-state index contributed by atoms with van der Waals surface area (Å²) in [6, 6.07) is 9.28. The highest BCUT2D eigenvalue weighted by atomic mass is 31.2. The molecule has 2 aromatic heterocycles. The highest BCUT2D eigenvalue weighted by Crippen LogP contribution is 2.48. The summed E-state index contributed by atoms with van der Waals surface area (Å²) in [5, 5.41) is 6.99. The van der Waals surface area contributed by atoms with Crippen LogP contribution in [0.1, 0.15) is 79.0 Å². The largest absolute Gasteiger partial charge is 0.461 e. The number of carbonyl (C=O) groups is 3. The first-order valence-corrected chi connectivity index (χ1v) is 17.7. The van der Waals surface area contributed by atoms with Gasteiger partial charge in [0.25, 0.3) is 0 Å². The average molecular weight is 702 g/mol. The van der Waals surface area contributed by atoms with E-state index in [0.717, 1.165) is 24.8 Å². The molecule has 3 N–H and O–H groups in total. The normalized spacial score (nSPS) is 24.4. The van der Waals surface area contributed by atoms with E-state index in [4.69, 9.17) is 33.7 Å². The van der Waals surface area contributed by atoms with Crippen LogP contribution in [0, 0.1) is 0 Å². The van der Waals surface area contributed by atoms with Gasteiger partial charge in [0.2, 0.25) is 0 Å². The number of nitrogens with two attached hydrogens (primary N) is 1. The fraction of sp³-hybridized carbons (Fsp3) is 0.545. The van der Waals surface area contributed by atoms with E-state index in [2.05, 4.69) is 35.9 Å². The Morgan fingerprint density at radius 3 is 2.35 bits per heavy atom. The lowest BCUT2D eigenvalue weighted by molar-refractivity contribution is -0.168. The van der Waals surface area contributed by atoms with Crippen molar-refractivity contribution in [3.8, 4) is 5.75 Å². The maximum absolute atomic E-state index is 14.4. The summed E-state index contributed by atoms with van der Waals surface area (Å²) in [7, 11) is -4.37. The van der Waals surface area contributed by atoms with Crippen LogP contribution in [0.5, 0.6) is 5.75 Å². The molecule has 0 amide bonds. The van der Waals surface area contributed by atoms with E-state index < -0.39 is 62.2 Å². The van der Waals surface area contributed by atoms with Crippen molar-refractivity contribution < 1.29 is 46.9 Å². The molecule has 266 valence electrons. The molecule has 3 aromatic rings. The van der Waals surface area contributed by atoms with Crippen LogP contribution in [0.4, 0.5) is 5.82 Å². The topological polar surface area (TPSA) is 192 Å². The molecule has 1 saturated carbocycles. The number of benzene rings is 1. The third-order valence-corrected chi connectivity index (χ3v) is 10.2. The number of fused-ring (bicyclic) bond motifs is 1. The zero-order valence-electron chi connectivity index (χ0n) is 28.7. The smallest absolute Gasteiger partial charge is 0.459 e. The molecule has 5 rings (SSSR count). The van der Waals surface area contributed by atoms with Crippen molar-refractivity contribution in [2.75, 3.05) is 12.3 Å². The minimum Gasteiger partial charge on any atom is -0.461 e. The van der Waals surface area contributed by atoms with Gasteiger partial charge in [0.15, 0.2) is 18.0 Å². The maximum atomic E-state index is 14.4. The number of ether oxygens (including phenoxy) is 4. The number of anilines is 1. The molecule has 1 aromatic carbocycles. The first-order chi connectivity index (χ1) is 23.0. The van der Waals surface area contributed by atoms with Gasteiger partial charge >= 0.3 is 25.7 Å². The van der Waals surface area contributed by atoms with Gasteiger partial charge in [-0.05, 0) is 68.4 Å². The molecule has 0 spiro atoms. The van der Waals surface area contributed by atoms with Crippen molar-refractivity contribution in [3.63, 3.8) is 0 Å². The number of nitrogens with one attached hydrogen (secondary N) is 1. The second kappa shape index (κ2) is 14.1. The lowest BCUT2D eigenvalue weighted by Crippen LogP contribution is -2.45. The third kappa shape index (κ3) is 8.07. The Hall–Kier alpha value is -4.04. The predicted molar refractivity (Wildman–Crippen MR) is 176 cm³/mol. The summed E-state index contributed by atoms with van der Waals surface area (Å²) in [6.07, 6.45) is -0.0207. The maximum Gasteiger partial charge on any atom is 0.459 e. The van der Waals surface area contributed by atoms with Gasteiger partial charge in [-0.15, -0.1) is 0 Å². The number of nitrogens with zero attached hydrogens (tertiary/aromatic N) is 3. The number of nitrogen functional groups attached to an aromatic ring is 1. The van der Waals surface area contributed by atoms with Crippen molar-refractivity contribution in [1.29, 1.82) is 0 Å². The van der Waals surface area contributed by atoms with Crippen LogP contribution in [0.3, 0.4) is 0 Å². The summed E-state index contributed by atoms with van der Waals surface area (Å²) in [5.41, 5.74) is 6.34. The van der Waals surface area contributed by atoms with Crippen molar-refractivity contribution >= 4 is 37.0 Å². The molecule has 2 aliphatic rings. The van der Waals surface area contributed by atoms with Gasteiger partial charge in [-0.3, -0.25) is 18.9 Å². The lowest BCUT2D eigenvalue weighted by Gasteiger charge is -2.30. The van der Waals surface area contributed by atoms with E-state index in [1.807, 2.05) is 12.1 Å². The number of hydrogen-bond donors (Lipinski definition) is 2. The Balaban J connectivity index is 1.46. The van der Waals surface area contributed by atoms with Crippen molar-refractivity contribution in [2.24, 2.45) is 0 Å². The molecule has 1 saturated heterocycles. The van der Waals surface area contributed by atoms with E-state index in [1.165, 1.54) is 31.6 Å². The molecular formula is C33H44N5O10P. The second-order valence-corrected chi connectivity index (χ2v) is 15.2. The average Bonchev–Trinajstić information content (AvgIpc) is 3.54. The van der Waals surface area contributed by atoms with Crippen molar-refractivity contribution in [1.82, 2.24) is 19.7 Å². The van der Waals surface area contributed by atoms with Gasteiger partial charge in [-0.1, -0.05) is 32.9 Å². The number of aromatic nitrogens is 3. The number of carbonyl (C=O) groups excluding carboxylic acids is 3. The number of rotatable bonds is 12. The summed E-state index contributed by atoms with van der Waals surface area (Å²) >= 11 is 0. The monoisotopic (exact) mass is 701 g/mol. The molecule has 49 heavy (non-hydrogen) atoms. The highest BCUT2D eigenvalue weighted by molar-refractivity contribution is 7.52. The van der Waals surface area contributed by atoms with Crippen LogP contribution < -0.4 is 15.3 Å². The Morgan fingerprint density at radius 2 is 1.76 bits per heavy atom. The Labute approximate surface area is 284 Å². The van der Waals surface area contributed by atoms with Crippen LogP contribution in [-0.2, 0) is 53.4 Å². The molecule has 0 radical (unpaired) electrons. The van der Waals surface area contributed by atoms with Gasteiger partial charge in [0.05, 0.1) is 12.3 Å². The first-order valence-electron chi connectivity index (χ1n) is 16.1. The van der Waals surface area contributed by atoms with Crippen molar-refractivity contribution in [3.05, 3.63) is 54.0 Å². The van der Waals surface area contributed by atoms with Crippen LogP contribution in [0.15, 0.2) is 42.7 Å². The van der Waals surface area contributed by atoms with E-state index in [0.29, 0.717) is 11.2 Å². The van der Waals surface area contributed by atoms with Crippen LogP contribution >= 0.6 is 7.75 Å². The van der Waals surface area contributed by atoms with E-state index in [9.17, 15) is 18.9 Å². The predicted octanol–water partition coefficient (Wildman–Crippen LogP) is 4.36. The zero-order chi connectivity index (χ0) is 35.7. The third-order valence-electron chi connectivity index (χ3n) is 8.58.